The van der Waals surface area contributed by atoms with Gasteiger partial charge in [0.05, 0.1) is 22.1 Å². The van der Waals surface area contributed by atoms with Gasteiger partial charge < -0.3 is 8.83 Å². The maximum atomic E-state index is 6.39. The predicted molar refractivity (Wildman–Crippen MR) is 243 cm³/mol. The number of furan rings is 2. The second-order valence-electron chi connectivity index (χ2n) is 15.7. The van der Waals surface area contributed by atoms with E-state index in [9.17, 15) is 0 Å². The first kappa shape index (κ1) is 31.1. The van der Waals surface area contributed by atoms with Gasteiger partial charge in [0.25, 0.3) is 0 Å². The van der Waals surface area contributed by atoms with Crippen molar-refractivity contribution in [1.29, 1.82) is 0 Å². The number of aromatic nitrogens is 3. The van der Waals surface area contributed by atoms with Crippen LogP contribution in [0.1, 0.15) is 0 Å². The topological polar surface area (TPSA) is 57.0 Å². The number of fused-ring (bicyclic) bond motifs is 12. The third kappa shape index (κ3) is 4.23. The number of benzene rings is 10. The highest BCUT2D eigenvalue weighted by molar-refractivity contribution is 6.38. The maximum Gasteiger partial charge on any atom is 0.165 e. The molecular weight excluding hydrogens is 723 g/mol. The molecule has 0 aliphatic heterocycles. The summed E-state index contributed by atoms with van der Waals surface area (Å²) in [6.07, 6.45) is 0. The van der Waals surface area contributed by atoms with Gasteiger partial charge in [-0.1, -0.05) is 109 Å². The van der Waals surface area contributed by atoms with Crippen LogP contribution in [0.3, 0.4) is 0 Å². The minimum Gasteiger partial charge on any atom is -0.456 e. The number of hydrogen-bond acceptors (Lipinski definition) is 4. The van der Waals surface area contributed by atoms with Crippen molar-refractivity contribution in [3.63, 3.8) is 0 Å². The van der Waals surface area contributed by atoms with E-state index in [2.05, 4.69) is 132 Å². The Morgan fingerprint density at radius 2 is 0.847 bits per heavy atom. The van der Waals surface area contributed by atoms with Crippen molar-refractivity contribution in [3.8, 4) is 28.2 Å². The monoisotopic (exact) mass is 751 g/mol. The summed E-state index contributed by atoms with van der Waals surface area (Å²) in [7, 11) is 0. The first-order valence-electron chi connectivity index (χ1n) is 20.0. The lowest BCUT2D eigenvalue weighted by Gasteiger charge is -2.13. The fourth-order valence-corrected chi connectivity index (χ4v) is 9.90. The van der Waals surface area contributed by atoms with Gasteiger partial charge in [0.2, 0.25) is 0 Å². The smallest absolute Gasteiger partial charge is 0.165 e. The lowest BCUT2D eigenvalue weighted by molar-refractivity contribution is 0.668. The van der Waals surface area contributed by atoms with Crippen LogP contribution in [0.5, 0.6) is 0 Å². The van der Waals surface area contributed by atoms with Crippen LogP contribution in [0.4, 0.5) is 0 Å². The molecule has 0 amide bonds. The molecule has 0 N–H and O–H groups in total. The van der Waals surface area contributed by atoms with E-state index in [1.54, 1.807) is 0 Å². The summed E-state index contributed by atoms with van der Waals surface area (Å²) in [5.41, 5.74) is 11.4. The molecule has 0 saturated heterocycles. The molecule has 5 nitrogen and oxygen atoms in total. The van der Waals surface area contributed by atoms with Crippen LogP contribution in [0.2, 0.25) is 0 Å². The average molecular weight is 752 g/mol. The van der Waals surface area contributed by atoms with Gasteiger partial charge in [0.15, 0.2) is 5.82 Å². The summed E-state index contributed by atoms with van der Waals surface area (Å²) in [4.78, 5) is 10.8. The summed E-state index contributed by atoms with van der Waals surface area (Å²) < 4.78 is 15.0. The summed E-state index contributed by atoms with van der Waals surface area (Å²) >= 11 is 0. The van der Waals surface area contributed by atoms with Gasteiger partial charge >= 0.3 is 0 Å². The molecule has 0 spiro atoms. The predicted octanol–water partition coefficient (Wildman–Crippen LogP) is 14.8. The average Bonchev–Trinajstić information content (AvgIpc) is 3.97. The lowest BCUT2D eigenvalue weighted by Crippen LogP contribution is -2.03. The second-order valence-corrected chi connectivity index (χ2v) is 15.7. The summed E-state index contributed by atoms with van der Waals surface area (Å²) in [6.45, 7) is 0. The van der Waals surface area contributed by atoms with Gasteiger partial charge in [-0.05, 0) is 110 Å². The summed E-state index contributed by atoms with van der Waals surface area (Å²) in [5, 5.41) is 14.2. The Hall–Kier alpha value is -8.02. The number of rotatable bonds is 3. The van der Waals surface area contributed by atoms with Crippen molar-refractivity contribution in [2.75, 3.05) is 0 Å². The Kier molecular flexibility index (Phi) is 5.96. The third-order valence-electron chi connectivity index (χ3n) is 12.5. The summed E-state index contributed by atoms with van der Waals surface area (Å²) in [6, 6.07) is 62.4. The Morgan fingerprint density at radius 3 is 1.59 bits per heavy atom. The zero-order valence-corrected chi connectivity index (χ0v) is 31.4. The van der Waals surface area contributed by atoms with Gasteiger partial charge in [-0.15, -0.1) is 0 Å². The van der Waals surface area contributed by atoms with E-state index in [1.165, 1.54) is 43.1 Å². The molecule has 0 radical (unpaired) electrons. The van der Waals surface area contributed by atoms with E-state index in [0.717, 1.165) is 94.1 Å². The molecule has 272 valence electrons. The van der Waals surface area contributed by atoms with E-state index in [-0.39, 0.29) is 0 Å². The van der Waals surface area contributed by atoms with Crippen LogP contribution in [-0.2, 0) is 0 Å². The van der Waals surface area contributed by atoms with Crippen molar-refractivity contribution in [1.82, 2.24) is 14.5 Å². The highest BCUT2D eigenvalue weighted by Gasteiger charge is 2.24. The van der Waals surface area contributed by atoms with E-state index >= 15 is 0 Å². The highest BCUT2D eigenvalue weighted by atomic mass is 16.3. The molecule has 0 aliphatic rings. The standard InChI is InChI=1S/C54H29N3O2/c1-5-17-46-34(9-1)36-24-22-32(28-48(36)58-46)31-20-19-30-21-26-39-38-11-7-15-44-51(38)52-40(50(39)41(30)27-31)12-8-16-45(52)57(44)54-53(55-42-13-3-4-14-43(42)56-54)33-23-25-37-35-10-2-6-18-47(35)59-49(37)29-33/h1-29H. The molecule has 4 aromatic heterocycles. The fourth-order valence-electron chi connectivity index (χ4n) is 9.90. The van der Waals surface area contributed by atoms with Crippen LogP contribution in [0.25, 0.3) is 137 Å². The van der Waals surface area contributed by atoms with Gasteiger partial charge in [-0.2, -0.15) is 0 Å². The molecule has 14 rings (SSSR count). The van der Waals surface area contributed by atoms with E-state index < -0.39 is 0 Å². The molecule has 0 unspecified atom stereocenters. The number of para-hydroxylation sites is 4. The highest BCUT2D eigenvalue weighted by Crippen LogP contribution is 2.47. The van der Waals surface area contributed by atoms with Crippen molar-refractivity contribution < 1.29 is 8.83 Å². The molecule has 59 heavy (non-hydrogen) atoms. The van der Waals surface area contributed by atoms with Crippen molar-refractivity contribution in [2.24, 2.45) is 0 Å². The first-order chi connectivity index (χ1) is 29.2. The molecule has 14 aromatic rings. The number of nitrogens with zero attached hydrogens (tertiary/aromatic N) is 3. The Balaban J connectivity index is 1.04. The zero-order chi connectivity index (χ0) is 38.3. The Bertz CT molecular complexity index is 4090. The van der Waals surface area contributed by atoms with Gasteiger partial charge in [0.1, 0.15) is 28.0 Å². The van der Waals surface area contributed by atoms with Gasteiger partial charge in [0, 0.05) is 37.9 Å². The van der Waals surface area contributed by atoms with E-state index in [4.69, 9.17) is 18.8 Å². The van der Waals surface area contributed by atoms with Gasteiger partial charge in [-0.25, -0.2) is 9.97 Å². The van der Waals surface area contributed by atoms with Crippen LogP contribution < -0.4 is 0 Å². The van der Waals surface area contributed by atoms with Crippen molar-refractivity contribution in [3.05, 3.63) is 176 Å². The van der Waals surface area contributed by atoms with Crippen LogP contribution in [0, 0.1) is 0 Å². The molecule has 0 bridgehead atoms. The van der Waals surface area contributed by atoms with Crippen molar-refractivity contribution in [2.45, 2.75) is 0 Å². The van der Waals surface area contributed by atoms with Crippen molar-refractivity contribution >= 4 is 109 Å². The van der Waals surface area contributed by atoms with E-state index in [1.807, 2.05) is 48.5 Å². The van der Waals surface area contributed by atoms with Crippen LogP contribution in [0.15, 0.2) is 185 Å². The normalized spacial score (nSPS) is 12.4. The summed E-state index contributed by atoms with van der Waals surface area (Å²) in [5.74, 6) is 0.785. The van der Waals surface area contributed by atoms with Crippen LogP contribution in [-0.4, -0.2) is 14.5 Å². The quantitative estimate of drug-likeness (QED) is 0.169. The molecule has 5 heteroatoms. The largest absolute Gasteiger partial charge is 0.456 e. The molecular formula is C54H29N3O2. The minimum absolute atomic E-state index is 0.785. The zero-order valence-electron chi connectivity index (χ0n) is 31.4. The fraction of sp³-hybridized carbons (Fsp3) is 0. The van der Waals surface area contributed by atoms with Gasteiger partial charge in [-0.3, -0.25) is 4.57 Å². The third-order valence-corrected chi connectivity index (χ3v) is 12.5. The lowest BCUT2D eigenvalue weighted by atomic mass is 9.90. The molecule has 0 saturated carbocycles. The second kappa shape index (κ2) is 11.3. The molecule has 0 fully saturated rings. The first-order valence-corrected chi connectivity index (χ1v) is 20.0. The Morgan fingerprint density at radius 1 is 0.339 bits per heavy atom. The molecule has 0 aliphatic carbocycles. The van der Waals surface area contributed by atoms with E-state index in [0.29, 0.717) is 0 Å². The minimum atomic E-state index is 0.785. The molecule has 4 heterocycles. The van der Waals surface area contributed by atoms with Crippen LogP contribution >= 0.6 is 0 Å². The number of hydrogen-bond donors (Lipinski definition) is 0. The Labute approximate surface area is 335 Å². The molecule has 10 aromatic carbocycles. The SMILES string of the molecule is c1ccc2nc(-n3c4cccc5c6ccc7ccc(-c8ccc9c(c8)oc8ccccc89)cc7c6c6cccc3c6c54)c(-c3ccc4c(c3)oc3ccccc34)nc2c1. The maximum absolute atomic E-state index is 6.39. The molecule has 0 atom stereocenters.